The van der Waals surface area contributed by atoms with E-state index in [1.807, 2.05) is 24.3 Å². The molecule has 0 radical (unpaired) electrons. The number of anilines is 1. The molecule has 0 fully saturated rings. The van der Waals surface area contributed by atoms with Crippen molar-refractivity contribution in [1.29, 1.82) is 0 Å². The normalized spacial score (nSPS) is 18.3. The molecule has 3 rings (SSSR count). The second kappa shape index (κ2) is 7.07. The van der Waals surface area contributed by atoms with Crippen LogP contribution in [0.3, 0.4) is 0 Å². The molecular formula is C19H18N2O3. The SMILES string of the molecule is C#CCOc1cccc(NC(=O)N[C@H]2c3ccccc3C[C@H]2O)c1. The smallest absolute Gasteiger partial charge is 0.319 e. The second-order valence-electron chi connectivity index (χ2n) is 5.57. The van der Waals surface area contributed by atoms with Gasteiger partial charge in [-0.1, -0.05) is 36.3 Å². The van der Waals surface area contributed by atoms with E-state index in [0.717, 1.165) is 11.1 Å². The Morgan fingerprint density at radius 3 is 2.96 bits per heavy atom. The first-order valence-electron chi connectivity index (χ1n) is 7.67. The molecule has 0 spiro atoms. The predicted octanol–water partition coefficient (Wildman–Crippen LogP) is 2.48. The van der Waals surface area contributed by atoms with Crippen LogP contribution in [-0.4, -0.2) is 23.8 Å². The van der Waals surface area contributed by atoms with Crippen LogP contribution in [0.1, 0.15) is 17.2 Å². The number of carbonyl (C=O) groups is 1. The van der Waals surface area contributed by atoms with Crippen LogP contribution in [0.15, 0.2) is 48.5 Å². The standard InChI is InChI=1S/C19H18N2O3/c1-2-10-24-15-8-5-7-14(12-15)20-19(23)21-18-16-9-4-3-6-13(16)11-17(18)22/h1,3-9,12,17-18,22H,10-11H2,(H2,20,21,23)/t17-,18+/m1/s1. The van der Waals surface area contributed by atoms with Gasteiger partial charge in [0.15, 0.2) is 0 Å². The van der Waals surface area contributed by atoms with E-state index in [-0.39, 0.29) is 12.6 Å². The predicted molar refractivity (Wildman–Crippen MR) is 91.8 cm³/mol. The van der Waals surface area contributed by atoms with E-state index in [4.69, 9.17) is 11.2 Å². The molecule has 1 aliphatic carbocycles. The first kappa shape index (κ1) is 15.9. The van der Waals surface area contributed by atoms with Gasteiger partial charge in [-0.2, -0.15) is 0 Å². The summed E-state index contributed by atoms with van der Waals surface area (Å²) in [6.45, 7) is 0.167. The lowest BCUT2D eigenvalue weighted by atomic mass is 10.1. The van der Waals surface area contributed by atoms with Crippen LogP contribution in [0.5, 0.6) is 5.75 Å². The zero-order chi connectivity index (χ0) is 16.9. The fourth-order valence-corrected chi connectivity index (χ4v) is 2.84. The Balaban J connectivity index is 1.65. The Labute approximate surface area is 140 Å². The summed E-state index contributed by atoms with van der Waals surface area (Å²) in [7, 11) is 0. The molecule has 0 bridgehead atoms. The van der Waals surface area contributed by atoms with Crippen LogP contribution in [0, 0.1) is 12.3 Å². The largest absolute Gasteiger partial charge is 0.481 e. The number of aliphatic hydroxyl groups is 1. The minimum atomic E-state index is -0.626. The highest BCUT2D eigenvalue weighted by Gasteiger charge is 2.31. The number of carbonyl (C=O) groups excluding carboxylic acids is 1. The number of urea groups is 1. The summed E-state index contributed by atoms with van der Waals surface area (Å²) in [6.07, 6.45) is 5.07. The number of fused-ring (bicyclic) bond motifs is 1. The summed E-state index contributed by atoms with van der Waals surface area (Å²) in [5, 5.41) is 15.8. The summed E-state index contributed by atoms with van der Waals surface area (Å²) in [6, 6.07) is 13.9. The minimum absolute atomic E-state index is 0.167. The topological polar surface area (TPSA) is 70.6 Å². The molecule has 5 nitrogen and oxygen atoms in total. The monoisotopic (exact) mass is 322 g/mol. The van der Waals surface area contributed by atoms with E-state index in [0.29, 0.717) is 17.9 Å². The van der Waals surface area contributed by atoms with Crippen molar-refractivity contribution in [3.63, 3.8) is 0 Å². The summed E-state index contributed by atoms with van der Waals surface area (Å²) in [5.41, 5.74) is 2.59. The molecule has 2 amide bonds. The van der Waals surface area contributed by atoms with E-state index in [9.17, 15) is 9.90 Å². The number of ether oxygens (including phenoxy) is 1. The fourth-order valence-electron chi connectivity index (χ4n) is 2.84. The van der Waals surface area contributed by atoms with Gasteiger partial charge in [-0.15, -0.1) is 6.42 Å². The summed E-state index contributed by atoms with van der Waals surface area (Å²) in [4.78, 5) is 12.2. The maximum Gasteiger partial charge on any atom is 0.319 e. The average molecular weight is 322 g/mol. The highest BCUT2D eigenvalue weighted by molar-refractivity contribution is 5.89. The van der Waals surface area contributed by atoms with Crippen LogP contribution < -0.4 is 15.4 Å². The molecule has 0 aliphatic heterocycles. The van der Waals surface area contributed by atoms with Gasteiger partial charge >= 0.3 is 6.03 Å². The number of terminal acetylenes is 1. The number of hydrogen-bond acceptors (Lipinski definition) is 3. The molecule has 0 heterocycles. The van der Waals surface area contributed by atoms with Gasteiger partial charge in [0.1, 0.15) is 12.4 Å². The molecule has 2 aromatic rings. The number of rotatable bonds is 4. The summed E-state index contributed by atoms with van der Waals surface area (Å²) in [5.74, 6) is 2.97. The number of hydrogen-bond donors (Lipinski definition) is 3. The van der Waals surface area contributed by atoms with Gasteiger partial charge in [0.25, 0.3) is 0 Å². The Bertz CT molecular complexity index is 782. The van der Waals surface area contributed by atoms with Crippen LogP contribution in [0.2, 0.25) is 0 Å². The van der Waals surface area contributed by atoms with Gasteiger partial charge in [-0.3, -0.25) is 0 Å². The van der Waals surface area contributed by atoms with E-state index in [2.05, 4.69) is 16.6 Å². The summed E-state index contributed by atoms with van der Waals surface area (Å²) >= 11 is 0. The zero-order valence-corrected chi connectivity index (χ0v) is 13.0. The molecule has 2 atom stereocenters. The molecule has 0 unspecified atom stereocenters. The average Bonchev–Trinajstić information content (AvgIpc) is 2.89. The van der Waals surface area contributed by atoms with E-state index in [1.165, 1.54) is 0 Å². The van der Waals surface area contributed by atoms with Gasteiger partial charge in [0.2, 0.25) is 0 Å². The second-order valence-corrected chi connectivity index (χ2v) is 5.57. The molecule has 0 saturated carbocycles. The van der Waals surface area contributed by atoms with Crippen molar-refractivity contribution in [3.05, 3.63) is 59.7 Å². The van der Waals surface area contributed by atoms with Crippen LogP contribution in [-0.2, 0) is 6.42 Å². The van der Waals surface area contributed by atoms with Crippen molar-refractivity contribution in [2.75, 3.05) is 11.9 Å². The Morgan fingerprint density at radius 1 is 1.29 bits per heavy atom. The highest BCUT2D eigenvalue weighted by Crippen LogP contribution is 2.31. The van der Waals surface area contributed by atoms with Crippen molar-refractivity contribution >= 4 is 11.7 Å². The third-order valence-electron chi connectivity index (χ3n) is 3.90. The zero-order valence-electron chi connectivity index (χ0n) is 13.0. The third-order valence-corrected chi connectivity index (χ3v) is 3.90. The number of aliphatic hydroxyl groups excluding tert-OH is 1. The minimum Gasteiger partial charge on any atom is -0.481 e. The lowest BCUT2D eigenvalue weighted by Gasteiger charge is -2.18. The molecule has 122 valence electrons. The third kappa shape index (κ3) is 3.50. The first-order valence-corrected chi connectivity index (χ1v) is 7.67. The maximum absolute atomic E-state index is 12.2. The number of amides is 2. The van der Waals surface area contributed by atoms with E-state index in [1.54, 1.807) is 24.3 Å². The van der Waals surface area contributed by atoms with Crippen molar-refractivity contribution in [1.82, 2.24) is 5.32 Å². The van der Waals surface area contributed by atoms with Crippen LogP contribution in [0.25, 0.3) is 0 Å². The van der Waals surface area contributed by atoms with Gasteiger partial charge in [-0.25, -0.2) is 4.79 Å². The highest BCUT2D eigenvalue weighted by atomic mass is 16.5. The Morgan fingerprint density at radius 2 is 2.12 bits per heavy atom. The molecule has 3 N–H and O–H groups in total. The molecule has 0 saturated heterocycles. The van der Waals surface area contributed by atoms with Crippen molar-refractivity contribution in [3.8, 4) is 18.1 Å². The van der Waals surface area contributed by atoms with Gasteiger partial charge in [0, 0.05) is 18.2 Å². The van der Waals surface area contributed by atoms with Crippen molar-refractivity contribution in [2.45, 2.75) is 18.6 Å². The molecule has 5 heteroatoms. The lowest BCUT2D eigenvalue weighted by Crippen LogP contribution is -2.36. The van der Waals surface area contributed by atoms with Gasteiger partial charge < -0.3 is 20.5 Å². The maximum atomic E-state index is 12.2. The Kier molecular flexibility index (Phi) is 4.69. The molecule has 1 aliphatic rings. The molecule has 0 aromatic heterocycles. The molecule has 2 aromatic carbocycles. The Hall–Kier alpha value is -2.97. The fraction of sp³-hybridized carbons (Fsp3) is 0.211. The molecule has 24 heavy (non-hydrogen) atoms. The number of nitrogens with one attached hydrogen (secondary N) is 2. The van der Waals surface area contributed by atoms with Crippen molar-refractivity contribution < 1.29 is 14.6 Å². The summed E-state index contributed by atoms with van der Waals surface area (Å²) < 4.78 is 5.33. The lowest BCUT2D eigenvalue weighted by molar-refractivity contribution is 0.144. The van der Waals surface area contributed by atoms with Gasteiger partial charge in [-0.05, 0) is 23.3 Å². The first-order chi connectivity index (χ1) is 11.7. The van der Waals surface area contributed by atoms with E-state index < -0.39 is 12.1 Å². The number of benzene rings is 2. The van der Waals surface area contributed by atoms with Gasteiger partial charge in [0.05, 0.1) is 12.1 Å². The van der Waals surface area contributed by atoms with Crippen LogP contribution in [0.4, 0.5) is 10.5 Å². The van der Waals surface area contributed by atoms with E-state index >= 15 is 0 Å². The van der Waals surface area contributed by atoms with Crippen LogP contribution >= 0.6 is 0 Å². The van der Waals surface area contributed by atoms with Crippen molar-refractivity contribution in [2.24, 2.45) is 0 Å². The molecular weight excluding hydrogens is 304 g/mol. The quantitative estimate of drug-likeness (QED) is 0.757.